The van der Waals surface area contributed by atoms with Crippen molar-refractivity contribution in [2.24, 2.45) is 0 Å². The first kappa shape index (κ1) is 30.7. The zero-order valence-electron chi connectivity index (χ0n) is 28.8. The van der Waals surface area contributed by atoms with E-state index < -0.39 is 0 Å². The van der Waals surface area contributed by atoms with Gasteiger partial charge in [-0.1, -0.05) is 146 Å². The summed E-state index contributed by atoms with van der Waals surface area (Å²) in [5, 5.41) is 4.58. The van der Waals surface area contributed by atoms with Crippen LogP contribution in [0.1, 0.15) is 0 Å². The molecule has 2 aromatic heterocycles. The lowest BCUT2D eigenvalue weighted by molar-refractivity contribution is 0.669. The fraction of sp³-hybridized carbons (Fsp3) is 0. The highest BCUT2D eigenvalue weighted by atomic mass is 16.3. The minimum atomic E-state index is 0.683. The van der Waals surface area contributed by atoms with Gasteiger partial charge >= 0.3 is 0 Å². The quantitative estimate of drug-likeness (QED) is 0.176. The number of benzene rings is 8. The first-order valence-corrected chi connectivity index (χ1v) is 17.9. The molecule has 10 aromatic rings. The maximum Gasteiger partial charge on any atom is 0.161 e. The zero-order chi connectivity index (χ0) is 35.1. The van der Waals surface area contributed by atoms with Crippen molar-refractivity contribution in [1.29, 1.82) is 0 Å². The first-order chi connectivity index (χ1) is 26.2. The molecule has 0 aliphatic heterocycles. The van der Waals surface area contributed by atoms with Gasteiger partial charge < -0.3 is 4.42 Å². The van der Waals surface area contributed by atoms with Gasteiger partial charge in [-0.15, -0.1) is 0 Å². The van der Waals surface area contributed by atoms with Crippen LogP contribution in [-0.4, -0.2) is 9.97 Å². The third-order valence-corrected chi connectivity index (χ3v) is 10.1. The third kappa shape index (κ3) is 5.75. The predicted molar refractivity (Wildman–Crippen MR) is 219 cm³/mol. The topological polar surface area (TPSA) is 38.9 Å². The Morgan fingerprint density at radius 1 is 0.302 bits per heavy atom. The van der Waals surface area contributed by atoms with Gasteiger partial charge in [0.2, 0.25) is 0 Å². The van der Waals surface area contributed by atoms with Crippen LogP contribution in [0.4, 0.5) is 0 Å². The minimum absolute atomic E-state index is 0.683. The summed E-state index contributed by atoms with van der Waals surface area (Å²) < 4.78 is 6.19. The lowest BCUT2D eigenvalue weighted by atomic mass is 9.93. The highest BCUT2D eigenvalue weighted by Gasteiger charge is 2.17. The van der Waals surface area contributed by atoms with E-state index in [1.807, 2.05) is 18.2 Å². The van der Waals surface area contributed by atoms with Crippen molar-refractivity contribution in [3.63, 3.8) is 0 Å². The lowest BCUT2D eigenvalue weighted by Crippen LogP contribution is -1.98. The average molecular weight is 677 g/mol. The van der Waals surface area contributed by atoms with E-state index >= 15 is 0 Å². The van der Waals surface area contributed by atoms with Crippen molar-refractivity contribution in [1.82, 2.24) is 9.97 Å². The first-order valence-electron chi connectivity index (χ1n) is 17.9. The van der Waals surface area contributed by atoms with Gasteiger partial charge in [-0.3, -0.25) is 0 Å². The summed E-state index contributed by atoms with van der Waals surface area (Å²) in [5.74, 6) is 0.683. The van der Waals surface area contributed by atoms with E-state index in [-0.39, 0.29) is 0 Å². The average Bonchev–Trinajstić information content (AvgIpc) is 3.62. The van der Waals surface area contributed by atoms with Crippen molar-refractivity contribution in [2.75, 3.05) is 0 Å². The normalized spacial score (nSPS) is 11.4. The van der Waals surface area contributed by atoms with Crippen LogP contribution in [-0.2, 0) is 0 Å². The molecule has 53 heavy (non-hydrogen) atoms. The second kappa shape index (κ2) is 12.9. The summed E-state index contributed by atoms with van der Waals surface area (Å²) >= 11 is 0. The van der Waals surface area contributed by atoms with Gasteiger partial charge in [0.15, 0.2) is 5.82 Å². The molecule has 248 valence electrons. The molecule has 0 aliphatic rings. The molecule has 0 radical (unpaired) electrons. The summed E-state index contributed by atoms with van der Waals surface area (Å²) in [6.07, 6.45) is 0. The highest BCUT2D eigenvalue weighted by molar-refractivity contribution is 6.06. The van der Waals surface area contributed by atoms with Gasteiger partial charge in [-0.2, -0.15) is 0 Å². The Hall–Kier alpha value is -7.10. The Kier molecular flexibility index (Phi) is 7.47. The Morgan fingerprint density at radius 2 is 0.887 bits per heavy atom. The number of fused-ring (bicyclic) bond motifs is 4. The monoisotopic (exact) mass is 676 g/mol. The Morgan fingerprint density at radius 3 is 1.70 bits per heavy atom. The number of para-hydroxylation sites is 1. The van der Waals surface area contributed by atoms with Crippen molar-refractivity contribution >= 4 is 32.7 Å². The van der Waals surface area contributed by atoms with Gasteiger partial charge in [-0.25, -0.2) is 9.97 Å². The van der Waals surface area contributed by atoms with Crippen LogP contribution in [0, 0.1) is 0 Å². The number of furan rings is 1. The molecule has 0 N–H and O–H groups in total. The van der Waals surface area contributed by atoms with Crippen LogP contribution < -0.4 is 0 Å². The number of hydrogen-bond donors (Lipinski definition) is 0. The van der Waals surface area contributed by atoms with E-state index in [0.717, 1.165) is 83.4 Å². The maximum atomic E-state index is 6.19. The number of rotatable bonds is 6. The minimum Gasteiger partial charge on any atom is -0.456 e. The van der Waals surface area contributed by atoms with Gasteiger partial charge in [-0.05, 0) is 92.7 Å². The molecule has 0 amide bonds. The molecule has 8 aromatic carbocycles. The van der Waals surface area contributed by atoms with Crippen molar-refractivity contribution in [3.8, 4) is 67.3 Å². The van der Waals surface area contributed by atoms with Crippen LogP contribution in [0.25, 0.3) is 100.0 Å². The third-order valence-electron chi connectivity index (χ3n) is 10.1. The van der Waals surface area contributed by atoms with E-state index in [1.54, 1.807) is 0 Å². The molecule has 3 heteroatoms. The standard InChI is InChI=1S/C50H32N2O/c1-3-13-33(14-4-1)39-28-40(37-25-26-49-45(31-37)43-20-11-12-22-48(43)53-49)30-41(29-39)47-32-46(38-24-23-34-15-7-8-18-36(34)27-38)51-50(52-47)44-21-10-9-19-42(44)35-16-5-2-6-17-35/h1-32H. The van der Waals surface area contributed by atoms with Gasteiger partial charge in [0.1, 0.15) is 11.2 Å². The summed E-state index contributed by atoms with van der Waals surface area (Å²) in [6.45, 7) is 0. The van der Waals surface area contributed by atoms with E-state index in [2.05, 4.69) is 176 Å². The number of aromatic nitrogens is 2. The molecule has 0 atom stereocenters. The SMILES string of the molecule is c1ccc(-c2cc(-c3ccc4oc5ccccc5c4c3)cc(-c3cc(-c4ccc5ccccc5c4)nc(-c4ccccc4-c4ccccc4)n3)c2)cc1. The molecule has 10 rings (SSSR count). The van der Waals surface area contributed by atoms with Gasteiger partial charge in [0.05, 0.1) is 11.4 Å². The summed E-state index contributed by atoms with van der Waals surface area (Å²) in [5.41, 5.74) is 13.2. The molecule has 2 heterocycles. The summed E-state index contributed by atoms with van der Waals surface area (Å²) in [6, 6.07) is 68.1. The Balaban J connectivity index is 1.21. The summed E-state index contributed by atoms with van der Waals surface area (Å²) in [7, 11) is 0. The van der Waals surface area contributed by atoms with Crippen LogP contribution in [0.15, 0.2) is 199 Å². The molecule has 0 spiro atoms. The van der Waals surface area contributed by atoms with Gasteiger partial charge in [0.25, 0.3) is 0 Å². The number of nitrogens with zero attached hydrogens (tertiary/aromatic N) is 2. The molecule has 0 bridgehead atoms. The van der Waals surface area contributed by atoms with Crippen LogP contribution in [0.2, 0.25) is 0 Å². The second-order valence-corrected chi connectivity index (χ2v) is 13.4. The lowest BCUT2D eigenvalue weighted by Gasteiger charge is -2.15. The van der Waals surface area contributed by atoms with Crippen LogP contribution in [0.3, 0.4) is 0 Å². The van der Waals surface area contributed by atoms with E-state index in [9.17, 15) is 0 Å². The van der Waals surface area contributed by atoms with Crippen LogP contribution >= 0.6 is 0 Å². The summed E-state index contributed by atoms with van der Waals surface area (Å²) in [4.78, 5) is 10.7. The fourth-order valence-electron chi connectivity index (χ4n) is 7.40. The maximum absolute atomic E-state index is 6.19. The second-order valence-electron chi connectivity index (χ2n) is 13.4. The molecule has 0 unspecified atom stereocenters. The predicted octanol–water partition coefficient (Wildman–Crippen LogP) is 13.5. The molecular formula is C50H32N2O. The van der Waals surface area contributed by atoms with Gasteiger partial charge in [0, 0.05) is 27.5 Å². The molecular weight excluding hydrogens is 645 g/mol. The van der Waals surface area contributed by atoms with Crippen molar-refractivity contribution in [3.05, 3.63) is 194 Å². The molecule has 3 nitrogen and oxygen atoms in total. The highest BCUT2D eigenvalue weighted by Crippen LogP contribution is 2.38. The number of hydrogen-bond acceptors (Lipinski definition) is 3. The van der Waals surface area contributed by atoms with E-state index in [0.29, 0.717) is 5.82 Å². The van der Waals surface area contributed by atoms with E-state index in [1.165, 1.54) is 10.8 Å². The van der Waals surface area contributed by atoms with Crippen LogP contribution in [0.5, 0.6) is 0 Å². The molecule has 0 aliphatic carbocycles. The van der Waals surface area contributed by atoms with Crippen molar-refractivity contribution in [2.45, 2.75) is 0 Å². The Labute approximate surface area is 307 Å². The molecule has 0 saturated heterocycles. The zero-order valence-corrected chi connectivity index (χ0v) is 28.8. The smallest absolute Gasteiger partial charge is 0.161 e. The Bertz CT molecular complexity index is 2950. The molecule has 0 saturated carbocycles. The van der Waals surface area contributed by atoms with Crippen molar-refractivity contribution < 1.29 is 4.42 Å². The van der Waals surface area contributed by atoms with E-state index in [4.69, 9.17) is 14.4 Å². The largest absolute Gasteiger partial charge is 0.456 e. The molecule has 0 fully saturated rings. The fourth-order valence-corrected chi connectivity index (χ4v) is 7.40.